The van der Waals surface area contributed by atoms with Crippen LogP contribution in [-0.2, 0) is 12.4 Å². The lowest BCUT2D eigenvalue weighted by atomic mass is 10.0. The second-order valence-corrected chi connectivity index (χ2v) is 7.90. The van der Waals surface area contributed by atoms with Crippen molar-refractivity contribution in [3.05, 3.63) is 82.4 Å². The number of rotatable bonds is 2. The first kappa shape index (κ1) is 24.1. The van der Waals surface area contributed by atoms with Gasteiger partial charge < -0.3 is 15.0 Å². The van der Waals surface area contributed by atoms with Crippen LogP contribution >= 0.6 is 0 Å². The van der Waals surface area contributed by atoms with E-state index in [0.717, 1.165) is 5.56 Å². The molecule has 182 valence electrons. The third-order valence-electron chi connectivity index (χ3n) is 5.32. The Morgan fingerprint density at radius 2 is 1.46 bits per heavy atom. The van der Waals surface area contributed by atoms with E-state index < -0.39 is 40.9 Å². The summed E-state index contributed by atoms with van der Waals surface area (Å²) in [6.45, 7) is 1.84. The molecule has 0 unspecified atom stereocenters. The maximum absolute atomic E-state index is 13.1. The molecule has 0 aliphatic carbocycles. The number of hydrogen-bond acceptors (Lipinski definition) is 3. The van der Waals surface area contributed by atoms with E-state index in [-0.39, 0.29) is 23.1 Å². The van der Waals surface area contributed by atoms with Crippen molar-refractivity contribution in [3.8, 4) is 11.5 Å². The summed E-state index contributed by atoms with van der Waals surface area (Å²) in [6, 6.07) is 9.75. The van der Waals surface area contributed by atoms with Crippen LogP contribution < -0.4 is 15.0 Å². The molecule has 0 fully saturated rings. The van der Waals surface area contributed by atoms with Gasteiger partial charge in [0.25, 0.3) is 11.8 Å². The van der Waals surface area contributed by atoms with Gasteiger partial charge in [-0.2, -0.15) is 26.3 Å². The number of alkyl halides is 6. The number of carbonyl (C=O) groups excluding carboxylic acids is 2. The smallest absolute Gasteiger partial charge is 0.416 e. The molecule has 1 heterocycles. The lowest BCUT2D eigenvalue weighted by Crippen LogP contribution is -2.25. The molecule has 0 aromatic heterocycles. The first-order valence-electron chi connectivity index (χ1n) is 10.1. The van der Waals surface area contributed by atoms with E-state index in [1.54, 1.807) is 18.2 Å². The molecule has 1 aliphatic heterocycles. The van der Waals surface area contributed by atoms with Crippen LogP contribution in [0.25, 0.3) is 0 Å². The Kier molecular flexibility index (Phi) is 5.74. The SMILES string of the molecule is Cc1ccc2c(c1)N(C)C(=O)c1cc(NC(=O)c3cc(C(F)(F)F)cc(C(F)(F)F)c3)ccc1O2. The summed E-state index contributed by atoms with van der Waals surface area (Å²) in [5, 5.41) is 2.25. The average Bonchev–Trinajstić information content (AvgIpc) is 2.87. The minimum Gasteiger partial charge on any atom is -0.454 e. The van der Waals surface area contributed by atoms with Crippen LogP contribution in [0.3, 0.4) is 0 Å². The number of benzene rings is 3. The van der Waals surface area contributed by atoms with E-state index in [1.807, 2.05) is 6.92 Å². The average molecular weight is 494 g/mol. The molecular formula is C24H16F6N2O3. The van der Waals surface area contributed by atoms with Gasteiger partial charge in [-0.1, -0.05) is 6.07 Å². The van der Waals surface area contributed by atoms with Crippen molar-refractivity contribution in [2.24, 2.45) is 0 Å². The van der Waals surface area contributed by atoms with E-state index in [0.29, 0.717) is 23.6 Å². The van der Waals surface area contributed by atoms with Gasteiger partial charge in [-0.15, -0.1) is 0 Å². The monoisotopic (exact) mass is 494 g/mol. The molecule has 0 radical (unpaired) electrons. The molecular weight excluding hydrogens is 478 g/mol. The maximum atomic E-state index is 13.1. The number of fused-ring (bicyclic) bond motifs is 2. The number of nitrogens with one attached hydrogen (secondary N) is 1. The third kappa shape index (κ3) is 4.79. The van der Waals surface area contributed by atoms with Crippen molar-refractivity contribution in [1.82, 2.24) is 0 Å². The second-order valence-electron chi connectivity index (χ2n) is 7.90. The zero-order valence-corrected chi connectivity index (χ0v) is 18.1. The van der Waals surface area contributed by atoms with E-state index in [9.17, 15) is 35.9 Å². The number of nitrogens with zero attached hydrogens (tertiary/aromatic N) is 1. The Labute approximate surface area is 194 Å². The van der Waals surface area contributed by atoms with Crippen molar-refractivity contribution >= 4 is 23.2 Å². The number of ether oxygens (including phenoxy) is 1. The molecule has 1 aliphatic rings. The van der Waals surface area contributed by atoms with Crippen LogP contribution in [0.2, 0.25) is 0 Å². The summed E-state index contributed by atoms with van der Waals surface area (Å²) < 4.78 is 84.5. The van der Waals surface area contributed by atoms with Gasteiger partial charge in [-0.05, 0) is 61.0 Å². The third-order valence-corrected chi connectivity index (χ3v) is 5.32. The quantitative estimate of drug-likeness (QED) is 0.405. The van der Waals surface area contributed by atoms with Crippen molar-refractivity contribution < 1.29 is 40.7 Å². The van der Waals surface area contributed by atoms with E-state index >= 15 is 0 Å². The number of hydrogen-bond donors (Lipinski definition) is 1. The molecule has 1 N–H and O–H groups in total. The maximum Gasteiger partial charge on any atom is 0.416 e. The fraction of sp³-hybridized carbons (Fsp3) is 0.167. The van der Waals surface area contributed by atoms with Gasteiger partial charge in [-0.25, -0.2) is 0 Å². The zero-order valence-electron chi connectivity index (χ0n) is 18.1. The highest BCUT2D eigenvalue weighted by atomic mass is 19.4. The van der Waals surface area contributed by atoms with E-state index in [2.05, 4.69) is 5.32 Å². The molecule has 11 heteroatoms. The Hall–Kier alpha value is -4.02. The number of anilines is 2. The highest BCUT2D eigenvalue weighted by Gasteiger charge is 2.37. The molecule has 0 saturated heterocycles. The summed E-state index contributed by atoms with van der Waals surface area (Å²) >= 11 is 0. The molecule has 3 aromatic carbocycles. The number of aryl methyl sites for hydroxylation is 1. The molecule has 3 aromatic rings. The van der Waals surface area contributed by atoms with Crippen molar-refractivity contribution in [2.45, 2.75) is 19.3 Å². The summed E-state index contributed by atoms with van der Waals surface area (Å²) in [4.78, 5) is 26.9. The fourth-order valence-corrected chi connectivity index (χ4v) is 3.54. The highest BCUT2D eigenvalue weighted by Crippen LogP contribution is 2.40. The summed E-state index contributed by atoms with van der Waals surface area (Å²) in [7, 11) is 1.52. The summed E-state index contributed by atoms with van der Waals surface area (Å²) in [5.74, 6) is -1.12. The van der Waals surface area contributed by atoms with Crippen LogP contribution in [0.4, 0.5) is 37.7 Å². The Bertz CT molecular complexity index is 1320. The fourth-order valence-electron chi connectivity index (χ4n) is 3.54. The Morgan fingerprint density at radius 3 is 2.06 bits per heavy atom. The van der Waals surface area contributed by atoms with Crippen molar-refractivity contribution in [2.75, 3.05) is 17.3 Å². The van der Waals surface area contributed by atoms with Gasteiger partial charge in [-0.3, -0.25) is 9.59 Å². The minimum absolute atomic E-state index is 0.0211. The number of halogens is 6. The summed E-state index contributed by atoms with van der Waals surface area (Å²) in [5.41, 5.74) is -2.67. The predicted molar refractivity (Wildman–Crippen MR) is 115 cm³/mol. The van der Waals surface area contributed by atoms with Crippen LogP contribution in [0.1, 0.15) is 37.4 Å². The van der Waals surface area contributed by atoms with Gasteiger partial charge in [0.15, 0.2) is 5.75 Å². The van der Waals surface area contributed by atoms with Gasteiger partial charge >= 0.3 is 12.4 Å². The molecule has 0 bridgehead atoms. The van der Waals surface area contributed by atoms with Crippen molar-refractivity contribution in [3.63, 3.8) is 0 Å². The van der Waals surface area contributed by atoms with Crippen LogP contribution in [0, 0.1) is 6.92 Å². The van der Waals surface area contributed by atoms with Gasteiger partial charge in [0.1, 0.15) is 5.75 Å². The molecule has 0 saturated carbocycles. The van der Waals surface area contributed by atoms with Crippen molar-refractivity contribution in [1.29, 1.82) is 0 Å². The minimum atomic E-state index is -5.10. The molecule has 2 amide bonds. The lowest BCUT2D eigenvalue weighted by Gasteiger charge is -2.17. The first-order valence-corrected chi connectivity index (χ1v) is 10.1. The Morgan fingerprint density at radius 1 is 0.857 bits per heavy atom. The Balaban J connectivity index is 1.68. The normalized spacial score (nSPS) is 13.5. The van der Waals surface area contributed by atoms with Gasteiger partial charge in [0.05, 0.1) is 22.4 Å². The molecule has 0 atom stereocenters. The van der Waals surface area contributed by atoms with Crippen LogP contribution in [-0.4, -0.2) is 18.9 Å². The molecule has 5 nitrogen and oxygen atoms in total. The highest BCUT2D eigenvalue weighted by molar-refractivity contribution is 6.11. The van der Waals surface area contributed by atoms with E-state index in [4.69, 9.17) is 4.74 Å². The first-order chi connectivity index (χ1) is 16.2. The zero-order chi connectivity index (χ0) is 25.7. The molecule has 35 heavy (non-hydrogen) atoms. The number of carbonyl (C=O) groups is 2. The summed E-state index contributed by atoms with van der Waals surface area (Å²) in [6.07, 6.45) is -10.2. The standard InChI is InChI=1S/C24H16F6N2O3/c1-12-3-5-20-18(7-12)32(2)22(34)17-11-16(4-6-19(17)35-20)31-21(33)13-8-14(23(25,26)27)10-15(9-13)24(28,29)30/h3-11H,1-2H3,(H,31,33). The lowest BCUT2D eigenvalue weighted by molar-refractivity contribution is -0.143. The number of amides is 2. The topological polar surface area (TPSA) is 58.6 Å². The second kappa shape index (κ2) is 8.33. The van der Waals surface area contributed by atoms with E-state index in [1.165, 1.54) is 30.1 Å². The van der Waals surface area contributed by atoms with Gasteiger partial charge in [0.2, 0.25) is 0 Å². The largest absolute Gasteiger partial charge is 0.454 e. The van der Waals surface area contributed by atoms with Crippen LogP contribution in [0.15, 0.2) is 54.6 Å². The molecule has 4 rings (SSSR count). The predicted octanol–water partition coefficient (Wildman–Crippen LogP) is 6.67. The van der Waals surface area contributed by atoms with Gasteiger partial charge in [0, 0.05) is 18.3 Å². The molecule has 0 spiro atoms. The van der Waals surface area contributed by atoms with Crippen LogP contribution in [0.5, 0.6) is 11.5 Å².